The maximum atomic E-state index is 12.7. The Morgan fingerprint density at radius 1 is 1.04 bits per heavy atom. The van der Waals surface area contributed by atoms with Crippen molar-refractivity contribution in [3.63, 3.8) is 0 Å². The summed E-state index contributed by atoms with van der Waals surface area (Å²) in [5.74, 6) is -0.842. The van der Waals surface area contributed by atoms with Crippen LogP contribution in [0.1, 0.15) is 31.8 Å². The Morgan fingerprint density at radius 3 is 2.31 bits per heavy atom. The van der Waals surface area contributed by atoms with Crippen molar-refractivity contribution >= 4 is 34.8 Å². The van der Waals surface area contributed by atoms with Gasteiger partial charge in [-0.2, -0.15) is 0 Å². The lowest BCUT2D eigenvalue weighted by Crippen LogP contribution is -2.22. The number of nitrogens with one attached hydrogen (secondary N) is 1. The number of rotatable bonds is 3. The van der Waals surface area contributed by atoms with Gasteiger partial charge in [-0.15, -0.1) is 0 Å². The summed E-state index contributed by atoms with van der Waals surface area (Å²) in [4.78, 5) is 41.4. The second-order valence-electron chi connectivity index (χ2n) is 5.86. The average Bonchev–Trinajstić information content (AvgIpc) is 3.14. The van der Waals surface area contributed by atoms with Gasteiger partial charge in [0.2, 0.25) is 5.91 Å². The summed E-state index contributed by atoms with van der Waals surface area (Å²) in [6.45, 7) is 0.0587. The zero-order chi connectivity index (χ0) is 18.3. The molecule has 1 aliphatic rings. The third-order valence-electron chi connectivity index (χ3n) is 4.17. The van der Waals surface area contributed by atoms with Crippen LogP contribution in [-0.2, 0) is 11.3 Å². The van der Waals surface area contributed by atoms with Crippen molar-refractivity contribution < 1.29 is 14.4 Å². The molecule has 3 aromatic rings. The molecular formula is C19H12ClN3O3. The highest BCUT2D eigenvalue weighted by atomic mass is 35.5. The van der Waals surface area contributed by atoms with Crippen LogP contribution in [0.3, 0.4) is 0 Å². The SMILES string of the molecule is O=C(Cn1ccnc1)Nc1cc2c(cc1Cl)C(=O)c1ccccc1C2=O. The molecule has 0 saturated heterocycles. The van der Waals surface area contributed by atoms with Crippen LogP contribution in [0.2, 0.25) is 5.02 Å². The fourth-order valence-corrected chi connectivity index (χ4v) is 3.16. The number of carbonyl (C=O) groups is 3. The number of anilines is 1. The molecule has 0 spiro atoms. The summed E-state index contributed by atoms with van der Waals surface area (Å²) >= 11 is 6.23. The van der Waals surface area contributed by atoms with E-state index in [1.54, 1.807) is 41.2 Å². The van der Waals surface area contributed by atoms with Gasteiger partial charge in [0.05, 0.1) is 17.0 Å². The Kier molecular flexibility index (Phi) is 3.89. The number of fused-ring (bicyclic) bond motifs is 2. The highest BCUT2D eigenvalue weighted by Crippen LogP contribution is 2.33. The number of hydrogen-bond acceptors (Lipinski definition) is 4. The van der Waals surface area contributed by atoms with E-state index in [-0.39, 0.29) is 45.9 Å². The van der Waals surface area contributed by atoms with Crippen LogP contribution >= 0.6 is 11.6 Å². The van der Waals surface area contributed by atoms with Crippen molar-refractivity contribution in [2.24, 2.45) is 0 Å². The minimum atomic E-state index is -0.320. The first-order valence-electron chi connectivity index (χ1n) is 7.82. The molecule has 7 heteroatoms. The molecule has 0 unspecified atom stereocenters. The first kappa shape index (κ1) is 16.2. The number of ketones is 2. The number of nitrogens with zero attached hydrogens (tertiary/aromatic N) is 2. The molecule has 0 aliphatic heterocycles. The van der Waals surface area contributed by atoms with Gasteiger partial charge in [-0.3, -0.25) is 14.4 Å². The summed E-state index contributed by atoms with van der Waals surface area (Å²) in [5.41, 5.74) is 1.47. The predicted molar refractivity (Wildman–Crippen MR) is 95.6 cm³/mol. The molecule has 1 N–H and O–H groups in total. The molecule has 2 aromatic carbocycles. The number of amides is 1. The molecule has 1 heterocycles. The normalized spacial score (nSPS) is 12.5. The average molecular weight is 366 g/mol. The molecule has 0 fully saturated rings. The number of hydrogen-bond donors (Lipinski definition) is 1. The molecule has 128 valence electrons. The molecule has 0 saturated carbocycles. The van der Waals surface area contributed by atoms with Crippen LogP contribution < -0.4 is 5.32 Å². The minimum Gasteiger partial charge on any atom is -0.328 e. The van der Waals surface area contributed by atoms with Crippen LogP contribution in [0.15, 0.2) is 55.1 Å². The number of imidazole rings is 1. The van der Waals surface area contributed by atoms with E-state index in [9.17, 15) is 14.4 Å². The molecule has 26 heavy (non-hydrogen) atoms. The maximum absolute atomic E-state index is 12.7. The van der Waals surface area contributed by atoms with E-state index in [2.05, 4.69) is 10.3 Å². The predicted octanol–water partition coefficient (Wildman–Crippen LogP) is 2.95. The van der Waals surface area contributed by atoms with Gasteiger partial charge in [-0.1, -0.05) is 35.9 Å². The van der Waals surface area contributed by atoms with Gasteiger partial charge in [0.25, 0.3) is 0 Å². The quantitative estimate of drug-likeness (QED) is 0.605. The summed E-state index contributed by atoms with van der Waals surface area (Å²) in [7, 11) is 0. The smallest absolute Gasteiger partial charge is 0.244 e. The van der Waals surface area contributed by atoms with Crippen LogP contribution in [0.5, 0.6) is 0 Å². The lowest BCUT2D eigenvalue weighted by atomic mass is 9.84. The van der Waals surface area contributed by atoms with Crippen LogP contribution in [0, 0.1) is 0 Å². The Bertz CT molecular complexity index is 1060. The molecule has 4 rings (SSSR count). The Hall–Kier alpha value is -3.25. The Labute approximate surface area is 153 Å². The fraction of sp³-hybridized carbons (Fsp3) is 0.0526. The Morgan fingerprint density at radius 2 is 1.69 bits per heavy atom. The fourth-order valence-electron chi connectivity index (χ4n) is 2.95. The standard InChI is InChI=1S/C19H12ClN3O3/c20-15-7-13-14(19(26)12-4-2-1-3-11(12)18(13)25)8-16(15)22-17(24)9-23-6-5-21-10-23/h1-8,10H,9H2,(H,22,24). The second-order valence-corrected chi connectivity index (χ2v) is 6.27. The van der Waals surface area contributed by atoms with Gasteiger partial charge in [0.1, 0.15) is 6.54 Å². The molecule has 1 aromatic heterocycles. The molecule has 6 nitrogen and oxygen atoms in total. The van der Waals surface area contributed by atoms with Crippen molar-refractivity contribution in [1.29, 1.82) is 0 Å². The van der Waals surface area contributed by atoms with Gasteiger partial charge < -0.3 is 9.88 Å². The summed E-state index contributed by atoms with van der Waals surface area (Å²) < 4.78 is 1.60. The van der Waals surface area contributed by atoms with Gasteiger partial charge in [-0.25, -0.2) is 4.98 Å². The Balaban J connectivity index is 1.68. The van der Waals surface area contributed by atoms with Crippen molar-refractivity contribution in [3.05, 3.63) is 82.4 Å². The highest BCUT2D eigenvalue weighted by molar-refractivity contribution is 6.36. The van der Waals surface area contributed by atoms with Crippen molar-refractivity contribution in [2.75, 3.05) is 5.32 Å². The van der Waals surface area contributed by atoms with Gasteiger partial charge in [0.15, 0.2) is 11.6 Å². The van der Waals surface area contributed by atoms with E-state index in [0.29, 0.717) is 11.1 Å². The van der Waals surface area contributed by atoms with Gasteiger partial charge >= 0.3 is 0 Å². The van der Waals surface area contributed by atoms with E-state index in [4.69, 9.17) is 11.6 Å². The minimum absolute atomic E-state index is 0.0587. The largest absolute Gasteiger partial charge is 0.328 e. The third kappa shape index (κ3) is 2.70. The van der Waals surface area contributed by atoms with Crippen molar-refractivity contribution in [1.82, 2.24) is 9.55 Å². The topological polar surface area (TPSA) is 81.1 Å². The van der Waals surface area contributed by atoms with Crippen molar-refractivity contribution in [3.8, 4) is 0 Å². The van der Waals surface area contributed by atoms with Gasteiger partial charge in [-0.05, 0) is 12.1 Å². The van der Waals surface area contributed by atoms with E-state index in [1.165, 1.54) is 18.5 Å². The molecule has 0 bridgehead atoms. The molecular weight excluding hydrogens is 354 g/mol. The van der Waals surface area contributed by atoms with E-state index in [1.807, 2.05) is 0 Å². The van der Waals surface area contributed by atoms with E-state index >= 15 is 0 Å². The van der Waals surface area contributed by atoms with Crippen LogP contribution in [0.25, 0.3) is 0 Å². The third-order valence-corrected chi connectivity index (χ3v) is 4.48. The van der Waals surface area contributed by atoms with Gasteiger partial charge in [0, 0.05) is 34.6 Å². The molecule has 0 radical (unpaired) electrons. The highest BCUT2D eigenvalue weighted by Gasteiger charge is 2.30. The van der Waals surface area contributed by atoms with Crippen molar-refractivity contribution in [2.45, 2.75) is 6.54 Å². The van der Waals surface area contributed by atoms with E-state index < -0.39 is 0 Å². The number of halogens is 1. The summed E-state index contributed by atoms with van der Waals surface area (Å²) in [6.07, 6.45) is 4.75. The molecule has 0 atom stereocenters. The lowest BCUT2D eigenvalue weighted by molar-refractivity contribution is -0.116. The zero-order valence-electron chi connectivity index (χ0n) is 13.4. The number of benzene rings is 2. The first-order chi connectivity index (χ1) is 12.5. The summed E-state index contributed by atoms with van der Waals surface area (Å²) in [6, 6.07) is 9.54. The maximum Gasteiger partial charge on any atom is 0.244 e. The lowest BCUT2D eigenvalue weighted by Gasteiger charge is -2.19. The number of aromatic nitrogens is 2. The van der Waals surface area contributed by atoms with E-state index in [0.717, 1.165) is 0 Å². The zero-order valence-corrected chi connectivity index (χ0v) is 14.2. The molecule has 1 aliphatic carbocycles. The number of carbonyl (C=O) groups excluding carboxylic acids is 3. The first-order valence-corrected chi connectivity index (χ1v) is 8.20. The van der Waals surface area contributed by atoms with Crippen LogP contribution in [0.4, 0.5) is 5.69 Å². The molecule has 1 amide bonds. The van der Waals surface area contributed by atoms with Crippen LogP contribution in [-0.4, -0.2) is 27.0 Å². The monoisotopic (exact) mass is 365 g/mol. The summed E-state index contributed by atoms with van der Waals surface area (Å²) in [5, 5.41) is 2.87. The second kappa shape index (κ2) is 6.24.